The summed E-state index contributed by atoms with van der Waals surface area (Å²) in [5, 5.41) is 3.63. The second-order valence-corrected chi connectivity index (χ2v) is 7.45. The number of ether oxygens (including phenoxy) is 2. The summed E-state index contributed by atoms with van der Waals surface area (Å²) in [7, 11) is 0. The van der Waals surface area contributed by atoms with Gasteiger partial charge < -0.3 is 19.7 Å². The molecule has 2 aliphatic heterocycles. The van der Waals surface area contributed by atoms with Crippen molar-refractivity contribution in [3.63, 3.8) is 0 Å². The Kier molecular flexibility index (Phi) is 4.35. The molecule has 0 unspecified atom stereocenters. The Morgan fingerprint density at radius 2 is 1.72 bits per heavy atom. The van der Waals surface area contributed by atoms with E-state index in [4.69, 9.17) is 9.47 Å². The Bertz CT molecular complexity index is 1050. The van der Waals surface area contributed by atoms with Crippen LogP contribution in [0.5, 0.6) is 11.5 Å². The van der Waals surface area contributed by atoms with Crippen molar-refractivity contribution in [2.45, 2.75) is 25.4 Å². The van der Waals surface area contributed by atoms with E-state index in [1.54, 1.807) is 18.2 Å². The molecule has 1 N–H and O–H groups in total. The molecule has 0 aliphatic carbocycles. The van der Waals surface area contributed by atoms with Gasteiger partial charge >= 0.3 is 0 Å². The van der Waals surface area contributed by atoms with Crippen LogP contribution in [0.15, 0.2) is 72.8 Å². The highest BCUT2D eigenvalue weighted by atomic mass is 16.7. The molecule has 3 aromatic rings. The van der Waals surface area contributed by atoms with Gasteiger partial charge in [0, 0.05) is 23.0 Å². The molecule has 0 aromatic heterocycles. The third kappa shape index (κ3) is 3.18. The predicted molar refractivity (Wildman–Crippen MR) is 113 cm³/mol. The second-order valence-electron chi connectivity index (χ2n) is 7.45. The van der Waals surface area contributed by atoms with Gasteiger partial charge in [0.1, 0.15) is 0 Å². The quantitative estimate of drug-likeness (QED) is 0.688. The molecular formula is C24H22N2O3. The Morgan fingerprint density at radius 1 is 0.966 bits per heavy atom. The molecule has 2 heterocycles. The standard InChI is InChI=1S/C24H22N2O3/c1-16-13-20(25-18-7-3-2-4-8-18)19-9-5-6-10-21(19)26(16)24(27)17-11-12-22-23(14-17)29-15-28-22/h2-12,14,16,20,25H,13,15H2,1H3/t16-,20-/m1/s1. The smallest absolute Gasteiger partial charge is 0.258 e. The van der Waals surface area contributed by atoms with Gasteiger partial charge in [0.25, 0.3) is 5.91 Å². The van der Waals surface area contributed by atoms with Crippen molar-refractivity contribution in [3.8, 4) is 11.5 Å². The molecular weight excluding hydrogens is 364 g/mol. The van der Waals surface area contributed by atoms with E-state index in [9.17, 15) is 4.79 Å². The lowest BCUT2D eigenvalue weighted by Crippen LogP contribution is -2.44. The van der Waals surface area contributed by atoms with E-state index in [0.29, 0.717) is 17.1 Å². The molecule has 1 amide bonds. The molecule has 5 heteroatoms. The first-order chi connectivity index (χ1) is 14.2. The molecule has 2 atom stereocenters. The number of nitrogens with one attached hydrogen (secondary N) is 1. The lowest BCUT2D eigenvalue weighted by molar-refractivity contribution is 0.0973. The fraction of sp³-hybridized carbons (Fsp3) is 0.208. The first-order valence-electron chi connectivity index (χ1n) is 9.84. The number of nitrogens with zero attached hydrogens (tertiary/aromatic N) is 1. The van der Waals surface area contributed by atoms with Gasteiger partial charge in [-0.15, -0.1) is 0 Å². The highest BCUT2D eigenvalue weighted by Gasteiger charge is 2.34. The largest absolute Gasteiger partial charge is 0.454 e. The van der Waals surface area contributed by atoms with E-state index in [1.807, 2.05) is 41.3 Å². The molecule has 0 bridgehead atoms. The van der Waals surface area contributed by atoms with Gasteiger partial charge in [-0.3, -0.25) is 4.79 Å². The molecule has 29 heavy (non-hydrogen) atoms. The van der Waals surface area contributed by atoms with E-state index in [0.717, 1.165) is 23.4 Å². The maximum Gasteiger partial charge on any atom is 0.258 e. The van der Waals surface area contributed by atoms with Gasteiger partial charge in [0.2, 0.25) is 6.79 Å². The van der Waals surface area contributed by atoms with E-state index in [-0.39, 0.29) is 24.8 Å². The monoisotopic (exact) mass is 386 g/mol. The number of rotatable bonds is 3. The maximum absolute atomic E-state index is 13.4. The molecule has 0 fully saturated rings. The zero-order valence-electron chi connectivity index (χ0n) is 16.2. The van der Waals surface area contributed by atoms with Crippen LogP contribution in [-0.4, -0.2) is 18.7 Å². The van der Waals surface area contributed by atoms with Gasteiger partial charge in [-0.25, -0.2) is 0 Å². The van der Waals surface area contributed by atoms with Crippen LogP contribution < -0.4 is 19.7 Å². The van der Waals surface area contributed by atoms with Crippen LogP contribution in [0.3, 0.4) is 0 Å². The molecule has 0 saturated heterocycles. The van der Waals surface area contributed by atoms with E-state index < -0.39 is 0 Å². The van der Waals surface area contributed by atoms with Crippen LogP contribution >= 0.6 is 0 Å². The third-order valence-electron chi connectivity index (χ3n) is 5.54. The summed E-state index contributed by atoms with van der Waals surface area (Å²) in [6, 6.07) is 23.9. The lowest BCUT2D eigenvalue weighted by atomic mass is 9.90. The van der Waals surface area contributed by atoms with Crippen LogP contribution in [0.2, 0.25) is 0 Å². The topological polar surface area (TPSA) is 50.8 Å². The minimum absolute atomic E-state index is 0.0265. The molecule has 5 rings (SSSR count). The normalized spacial score (nSPS) is 19.6. The number of carbonyl (C=O) groups is 1. The molecule has 2 aliphatic rings. The number of fused-ring (bicyclic) bond motifs is 2. The molecule has 146 valence electrons. The van der Waals surface area contributed by atoms with Crippen LogP contribution in [0.1, 0.15) is 35.3 Å². The summed E-state index contributed by atoms with van der Waals surface area (Å²) in [6.07, 6.45) is 0.822. The Hall–Kier alpha value is -3.47. The second kappa shape index (κ2) is 7.17. The highest BCUT2D eigenvalue weighted by molar-refractivity contribution is 6.07. The van der Waals surface area contributed by atoms with Crippen LogP contribution in [0.25, 0.3) is 0 Å². The average molecular weight is 386 g/mol. The summed E-state index contributed by atoms with van der Waals surface area (Å²) in [6.45, 7) is 2.29. The number of para-hydroxylation sites is 2. The van der Waals surface area contributed by atoms with Gasteiger partial charge in [-0.05, 0) is 55.3 Å². The van der Waals surface area contributed by atoms with Crippen LogP contribution in [0.4, 0.5) is 11.4 Å². The maximum atomic E-state index is 13.4. The van der Waals surface area contributed by atoms with Gasteiger partial charge in [-0.1, -0.05) is 36.4 Å². The predicted octanol–water partition coefficient (Wildman–Crippen LogP) is 5.01. The zero-order valence-corrected chi connectivity index (χ0v) is 16.2. The average Bonchev–Trinajstić information content (AvgIpc) is 3.22. The minimum atomic E-state index is -0.0265. The Morgan fingerprint density at radius 3 is 2.59 bits per heavy atom. The molecule has 0 spiro atoms. The summed E-state index contributed by atoms with van der Waals surface area (Å²) in [5.74, 6) is 1.28. The SMILES string of the molecule is C[C@@H]1C[C@@H](Nc2ccccc2)c2ccccc2N1C(=O)c1ccc2c(c1)OCO2. The van der Waals surface area contributed by atoms with Crippen molar-refractivity contribution in [2.75, 3.05) is 17.0 Å². The van der Waals surface area contributed by atoms with Crippen molar-refractivity contribution in [1.29, 1.82) is 0 Å². The fourth-order valence-electron chi connectivity index (χ4n) is 4.16. The lowest BCUT2D eigenvalue weighted by Gasteiger charge is -2.40. The number of anilines is 2. The van der Waals surface area contributed by atoms with Crippen LogP contribution in [0, 0.1) is 0 Å². The third-order valence-corrected chi connectivity index (χ3v) is 5.54. The first kappa shape index (κ1) is 17.6. The molecule has 0 saturated carbocycles. The van der Waals surface area contributed by atoms with E-state index >= 15 is 0 Å². The van der Waals surface area contributed by atoms with E-state index in [2.05, 4.69) is 30.4 Å². The van der Waals surface area contributed by atoms with Crippen molar-refractivity contribution in [1.82, 2.24) is 0 Å². The Balaban J connectivity index is 1.48. The summed E-state index contributed by atoms with van der Waals surface area (Å²) in [4.78, 5) is 15.3. The van der Waals surface area contributed by atoms with Crippen molar-refractivity contribution in [3.05, 3.63) is 83.9 Å². The molecule has 3 aromatic carbocycles. The summed E-state index contributed by atoms with van der Waals surface area (Å²) < 4.78 is 10.8. The summed E-state index contributed by atoms with van der Waals surface area (Å²) in [5.41, 5.74) is 3.76. The first-order valence-corrected chi connectivity index (χ1v) is 9.84. The van der Waals surface area contributed by atoms with Crippen molar-refractivity contribution in [2.24, 2.45) is 0 Å². The molecule has 5 nitrogen and oxygen atoms in total. The van der Waals surface area contributed by atoms with Gasteiger partial charge in [0.15, 0.2) is 11.5 Å². The molecule has 0 radical (unpaired) electrons. The van der Waals surface area contributed by atoms with Crippen LogP contribution in [-0.2, 0) is 0 Å². The summed E-state index contributed by atoms with van der Waals surface area (Å²) >= 11 is 0. The minimum Gasteiger partial charge on any atom is -0.454 e. The number of amides is 1. The highest BCUT2D eigenvalue weighted by Crippen LogP contribution is 2.40. The number of carbonyl (C=O) groups excluding carboxylic acids is 1. The number of hydrogen-bond donors (Lipinski definition) is 1. The van der Waals surface area contributed by atoms with Gasteiger partial charge in [-0.2, -0.15) is 0 Å². The van der Waals surface area contributed by atoms with Gasteiger partial charge in [0.05, 0.1) is 6.04 Å². The zero-order chi connectivity index (χ0) is 19.8. The van der Waals surface area contributed by atoms with Crippen molar-refractivity contribution >= 4 is 17.3 Å². The van der Waals surface area contributed by atoms with Crippen molar-refractivity contribution < 1.29 is 14.3 Å². The number of benzene rings is 3. The number of hydrogen-bond acceptors (Lipinski definition) is 4. The fourth-order valence-corrected chi connectivity index (χ4v) is 4.16. The Labute approximate surface area is 169 Å². The van der Waals surface area contributed by atoms with E-state index in [1.165, 1.54) is 0 Å².